The Morgan fingerprint density at radius 1 is 1.50 bits per heavy atom. The third kappa shape index (κ3) is 2.86. The Hall–Kier alpha value is -1.80. The Kier molecular flexibility index (Phi) is 4.15. The molecule has 0 aliphatic rings. The summed E-state index contributed by atoms with van der Waals surface area (Å²) in [5.41, 5.74) is -0.146. The van der Waals surface area contributed by atoms with Crippen LogP contribution in [0.25, 0.3) is 11.0 Å². The van der Waals surface area contributed by atoms with E-state index in [9.17, 15) is 13.6 Å². The van der Waals surface area contributed by atoms with Crippen molar-refractivity contribution in [3.05, 3.63) is 23.2 Å². The number of carbonyl (C=O) groups excluding carboxylic acids is 1. The lowest BCUT2D eigenvalue weighted by Crippen LogP contribution is -2.17. The van der Waals surface area contributed by atoms with E-state index in [4.69, 9.17) is 21.1 Å². The molecule has 2 rings (SSSR count). The van der Waals surface area contributed by atoms with Crippen LogP contribution in [0.15, 0.2) is 6.33 Å². The van der Waals surface area contributed by atoms with E-state index in [0.717, 1.165) is 0 Å². The molecular formula is C11H10ClF2N3O3. The molecule has 2 aromatic rings. The summed E-state index contributed by atoms with van der Waals surface area (Å²) in [4.78, 5) is 17.5. The molecule has 0 saturated heterocycles. The molecule has 2 heterocycles. The average Bonchev–Trinajstić information content (AvgIpc) is 2.77. The predicted molar refractivity (Wildman–Crippen MR) is 64.8 cm³/mol. The molecule has 0 aliphatic carbocycles. The number of halogens is 3. The molecule has 0 aliphatic heterocycles. The second kappa shape index (κ2) is 5.68. The number of ether oxygens (including phenoxy) is 2. The number of nitrogens with zero attached hydrogens (tertiary/aromatic N) is 3. The zero-order valence-corrected chi connectivity index (χ0v) is 11.3. The summed E-state index contributed by atoms with van der Waals surface area (Å²) in [7, 11) is 0. The van der Waals surface area contributed by atoms with E-state index in [2.05, 4.69) is 9.97 Å². The van der Waals surface area contributed by atoms with E-state index < -0.39 is 24.2 Å². The summed E-state index contributed by atoms with van der Waals surface area (Å²) in [6, 6.07) is 0. The van der Waals surface area contributed by atoms with E-state index in [1.54, 1.807) is 0 Å². The van der Waals surface area contributed by atoms with Crippen molar-refractivity contribution >= 4 is 28.6 Å². The number of rotatable bonds is 4. The molecule has 0 fully saturated rings. The largest absolute Gasteiger partial charge is 0.436 e. The third-order valence-electron chi connectivity index (χ3n) is 2.40. The number of esters is 1. The Balaban J connectivity index is 2.25. The van der Waals surface area contributed by atoms with Crippen LogP contribution >= 0.6 is 11.6 Å². The Morgan fingerprint density at radius 2 is 2.20 bits per heavy atom. The number of aromatic nitrogens is 3. The lowest BCUT2D eigenvalue weighted by atomic mass is 10.4. The van der Waals surface area contributed by atoms with Gasteiger partial charge in [0.1, 0.15) is 17.3 Å². The van der Waals surface area contributed by atoms with Crippen molar-refractivity contribution in [3.8, 4) is 0 Å². The summed E-state index contributed by atoms with van der Waals surface area (Å²) in [5.74, 6) is -2.70. The fourth-order valence-corrected chi connectivity index (χ4v) is 1.84. The Bertz CT molecular complexity index is 662. The van der Waals surface area contributed by atoms with Crippen LogP contribution in [0.1, 0.15) is 13.8 Å². The molecular weight excluding hydrogens is 296 g/mol. The molecule has 0 amide bonds. The highest BCUT2D eigenvalue weighted by atomic mass is 35.5. The maximum atomic E-state index is 13.4. The Morgan fingerprint density at radius 3 is 2.85 bits per heavy atom. The predicted octanol–water partition coefficient (Wildman–Crippen LogP) is 2.25. The first-order valence-electron chi connectivity index (χ1n) is 5.54. The highest BCUT2D eigenvalue weighted by Gasteiger charge is 2.18. The third-order valence-corrected chi connectivity index (χ3v) is 2.73. The van der Waals surface area contributed by atoms with Crippen LogP contribution < -0.4 is 0 Å². The van der Waals surface area contributed by atoms with Gasteiger partial charge in [0.2, 0.25) is 18.2 Å². The standard InChI is InChI=1S/C11H10ClF2N3O3/c1-5(18)20-6(2)19-4-17-3-15-8-9(17)7(12)10(13)16-11(8)14/h3,6H,4H2,1-2H3. The minimum atomic E-state index is -1.13. The zero-order valence-electron chi connectivity index (χ0n) is 10.6. The molecule has 0 N–H and O–H groups in total. The van der Waals surface area contributed by atoms with Gasteiger partial charge in [-0.2, -0.15) is 13.8 Å². The fraction of sp³-hybridized carbons (Fsp3) is 0.364. The second-order valence-corrected chi connectivity index (χ2v) is 4.27. The highest BCUT2D eigenvalue weighted by Crippen LogP contribution is 2.26. The molecule has 0 spiro atoms. The Labute approximate surface area is 117 Å². The van der Waals surface area contributed by atoms with Gasteiger partial charge < -0.3 is 14.0 Å². The molecule has 1 atom stereocenters. The SMILES string of the molecule is CC(=O)OC(C)OCn1cnc2c(F)nc(F)c(Cl)c21. The van der Waals surface area contributed by atoms with Gasteiger partial charge in [-0.1, -0.05) is 11.6 Å². The molecule has 0 bridgehead atoms. The maximum Gasteiger partial charge on any atom is 0.304 e. The van der Waals surface area contributed by atoms with E-state index in [-0.39, 0.29) is 22.8 Å². The van der Waals surface area contributed by atoms with Crippen LogP contribution in [0.4, 0.5) is 8.78 Å². The van der Waals surface area contributed by atoms with Crippen molar-refractivity contribution in [2.24, 2.45) is 0 Å². The summed E-state index contributed by atoms with van der Waals surface area (Å²) < 4.78 is 37.9. The molecule has 108 valence electrons. The van der Waals surface area contributed by atoms with Crippen LogP contribution in [0.3, 0.4) is 0 Å². The smallest absolute Gasteiger partial charge is 0.304 e. The van der Waals surface area contributed by atoms with Gasteiger partial charge in [-0.25, -0.2) is 4.98 Å². The van der Waals surface area contributed by atoms with Crippen molar-refractivity contribution in [2.75, 3.05) is 0 Å². The van der Waals surface area contributed by atoms with Crippen molar-refractivity contribution in [1.82, 2.24) is 14.5 Å². The topological polar surface area (TPSA) is 66.2 Å². The van der Waals surface area contributed by atoms with Crippen LogP contribution in [0.5, 0.6) is 0 Å². The number of fused-ring (bicyclic) bond motifs is 1. The monoisotopic (exact) mass is 305 g/mol. The number of hydrogen-bond donors (Lipinski definition) is 0. The maximum absolute atomic E-state index is 13.4. The van der Waals surface area contributed by atoms with Crippen molar-refractivity contribution in [2.45, 2.75) is 26.9 Å². The molecule has 9 heteroatoms. The molecule has 0 radical (unpaired) electrons. The van der Waals surface area contributed by atoms with Gasteiger partial charge in [0.15, 0.2) is 0 Å². The van der Waals surface area contributed by atoms with Gasteiger partial charge >= 0.3 is 5.97 Å². The van der Waals surface area contributed by atoms with Gasteiger partial charge in [-0.05, 0) is 6.92 Å². The highest BCUT2D eigenvalue weighted by molar-refractivity contribution is 6.34. The molecule has 0 saturated carbocycles. The molecule has 1 unspecified atom stereocenters. The quantitative estimate of drug-likeness (QED) is 0.492. The molecule has 20 heavy (non-hydrogen) atoms. The minimum absolute atomic E-state index is 0.0201. The molecule has 2 aromatic heterocycles. The van der Waals surface area contributed by atoms with Gasteiger partial charge in [-0.3, -0.25) is 4.79 Å². The number of pyridine rings is 1. The van der Waals surface area contributed by atoms with Crippen molar-refractivity contribution < 1.29 is 23.0 Å². The minimum Gasteiger partial charge on any atom is -0.436 e. The van der Waals surface area contributed by atoms with Gasteiger partial charge in [0.05, 0.1) is 11.8 Å². The van der Waals surface area contributed by atoms with Gasteiger partial charge in [-0.15, -0.1) is 0 Å². The summed E-state index contributed by atoms with van der Waals surface area (Å²) >= 11 is 5.74. The van der Waals surface area contributed by atoms with Crippen LogP contribution in [0.2, 0.25) is 5.02 Å². The first-order chi connectivity index (χ1) is 9.40. The lowest BCUT2D eigenvalue weighted by molar-refractivity contribution is -0.178. The summed E-state index contributed by atoms with van der Waals surface area (Å²) in [6.07, 6.45) is 0.404. The molecule has 6 nitrogen and oxygen atoms in total. The number of carbonyl (C=O) groups is 1. The van der Waals surface area contributed by atoms with E-state index >= 15 is 0 Å². The normalized spacial score (nSPS) is 12.7. The molecule has 0 aromatic carbocycles. The van der Waals surface area contributed by atoms with Crippen LogP contribution in [-0.4, -0.2) is 26.8 Å². The van der Waals surface area contributed by atoms with Crippen LogP contribution in [-0.2, 0) is 21.0 Å². The van der Waals surface area contributed by atoms with E-state index in [0.29, 0.717) is 0 Å². The lowest BCUT2D eigenvalue weighted by Gasteiger charge is -2.13. The van der Waals surface area contributed by atoms with E-state index in [1.165, 1.54) is 24.7 Å². The zero-order chi connectivity index (χ0) is 14.9. The second-order valence-electron chi connectivity index (χ2n) is 3.89. The number of hydrogen-bond acceptors (Lipinski definition) is 5. The number of imidazole rings is 1. The van der Waals surface area contributed by atoms with Gasteiger partial charge in [0.25, 0.3) is 0 Å². The first-order valence-corrected chi connectivity index (χ1v) is 5.92. The average molecular weight is 306 g/mol. The summed E-state index contributed by atoms with van der Waals surface area (Å²) in [6.45, 7) is 2.60. The van der Waals surface area contributed by atoms with E-state index in [1.807, 2.05) is 0 Å². The van der Waals surface area contributed by atoms with Crippen LogP contribution in [0, 0.1) is 11.9 Å². The van der Waals surface area contributed by atoms with Gasteiger partial charge in [0, 0.05) is 6.92 Å². The van der Waals surface area contributed by atoms with Crippen molar-refractivity contribution in [1.29, 1.82) is 0 Å². The first kappa shape index (κ1) is 14.6. The summed E-state index contributed by atoms with van der Waals surface area (Å²) in [5, 5.41) is -0.359. The van der Waals surface area contributed by atoms with Crippen molar-refractivity contribution in [3.63, 3.8) is 0 Å². The fourth-order valence-electron chi connectivity index (χ4n) is 1.60.